The van der Waals surface area contributed by atoms with Gasteiger partial charge in [-0.05, 0) is 32.1 Å². The Bertz CT molecular complexity index is 686. The minimum Gasteiger partial charge on any atom is -0.466 e. The van der Waals surface area contributed by atoms with Gasteiger partial charge in [-0.2, -0.15) is 4.57 Å². The van der Waals surface area contributed by atoms with Gasteiger partial charge in [-0.1, -0.05) is 6.92 Å². The summed E-state index contributed by atoms with van der Waals surface area (Å²) in [6.45, 7) is 7.88. The van der Waals surface area contributed by atoms with Crippen LogP contribution in [0.3, 0.4) is 0 Å². The van der Waals surface area contributed by atoms with E-state index in [4.69, 9.17) is 9.47 Å². The molecule has 1 aromatic heterocycles. The van der Waals surface area contributed by atoms with E-state index in [9.17, 15) is 14.4 Å². The van der Waals surface area contributed by atoms with Crippen LogP contribution in [-0.4, -0.2) is 42.4 Å². The fourth-order valence-electron chi connectivity index (χ4n) is 2.08. The number of ketones is 1. The van der Waals surface area contributed by atoms with Crippen molar-refractivity contribution in [3.63, 3.8) is 0 Å². The summed E-state index contributed by atoms with van der Waals surface area (Å²) in [7, 11) is 0. The van der Waals surface area contributed by atoms with Crippen molar-refractivity contribution in [2.45, 2.75) is 34.1 Å². The van der Waals surface area contributed by atoms with Crippen molar-refractivity contribution in [2.24, 2.45) is 0 Å². The summed E-state index contributed by atoms with van der Waals surface area (Å²) in [5, 5.41) is 0. The number of carbonyl (C=O) groups excluding carboxylic acids is 3. The first-order valence-corrected chi connectivity index (χ1v) is 10.7. The summed E-state index contributed by atoms with van der Waals surface area (Å²) in [4.78, 5) is 36.4. The number of esters is 2. The molecule has 0 aromatic carbocycles. The van der Waals surface area contributed by atoms with Gasteiger partial charge in [0.05, 0.1) is 19.0 Å². The van der Waals surface area contributed by atoms with E-state index in [0.29, 0.717) is 22.3 Å². The zero-order chi connectivity index (χ0) is 20.2. The second-order valence-electron chi connectivity index (χ2n) is 5.35. The van der Waals surface area contributed by atoms with E-state index < -0.39 is 5.97 Å². The molecule has 1 heterocycles. The summed E-state index contributed by atoms with van der Waals surface area (Å²) < 4.78 is 12.2. The summed E-state index contributed by atoms with van der Waals surface area (Å²) in [5.41, 5.74) is 1.41. The molecule has 0 N–H and O–H groups in total. The van der Waals surface area contributed by atoms with Crippen molar-refractivity contribution >= 4 is 46.9 Å². The average molecular weight is 413 g/mol. The Morgan fingerprint density at radius 3 is 2.11 bits per heavy atom. The predicted octanol–water partition coefficient (Wildman–Crippen LogP) is 2.98. The van der Waals surface area contributed by atoms with Crippen molar-refractivity contribution in [1.82, 2.24) is 0 Å². The quantitative estimate of drug-likeness (QED) is 0.239. The SMILES string of the molecule is CCOC(=O)CS/C(SCC)=C(/C(=O)CC(=O)OCC)[n+]1ccc(C)cc1. The van der Waals surface area contributed by atoms with Gasteiger partial charge in [0.2, 0.25) is 5.78 Å². The molecule has 6 nitrogen and oxygen atoms in total. The van der Waals surface area contributed by atoms with Crippen LogP contribution in [0.4, 0.5) is 0 Å². The minimum atomic E-state index is -0.566. The van der Waals surface area contributed by atoms with Crippen molar-refractivity contribution in [3.05, 3.63) is 34.3 Å². The van der Waals surface area contributed by atoms with Crippen molar-refractivity contribution in [2.75, 3.05) is 24.7 Å². The highest BCUT2D eigenvalue weighted by Crippen LogP contribution is 2.32. The number of aryl methyl sites for hydroxylation is 1. The molecule has 0 atom stereocenters. The maximum absolute atomic E-state index is 12.9. The molecular formula is C19H26NO5S2+. The number of pyridine rings is 1. The molecular weight excluding hydrogens is 386 g/mol. The molecule has 8 heteroatoms. The maximum Gasteiger partial charge on any atom is 0.316 e. The van der Waals surface area contributed by atoms with Crippen molar-refractivity contribution in [3.8, 4) is 0 Å². The van der Waals surface area contributed by atoms with E-state index in [0.717, 1.165) is 5.56 Å². The van der Waals surface area contributed by atoms with Crippen molar-refractivity contribution in [1.29, 1.82) is 0 Å². The lowest BCUT2D eigenvalue weighted by Crippen LogP contribution is -2.37. The normalized spacial score (nSPS) is 11.6. The molecule has 0 radical (unpaired) electrons. The molecule has 0 bridgehead atoms. The van der Waals surface area contributed by atoms with Crippen LogP contribution in [-0.2, 0) is 23.9 Å². The maximum atomic E-state index is 12.9. The number of hydrogen-bond acceptors (Lipinski definition) is 7. The predicted molar refractivity (Wildman–Crippen MR) is 108 cm³/mol. The summed E-state index contributed by atoms with van der Waals surface area (Å²) in [5.74, 6) is -0.451. The number of rotatable bonds is 11. The number of ether oxygens (including phenoxy) is 2. The Morgan fingerprint density at radius 1 is 0.963 bits per heavy atom. The summed E-state index contributed by atoms with van der Waals surface area (Å²) in [6, 6.07) is 3.75. The molecule has 0 unspecified atom stereocenters. The number of nitrogens with zero attached hydrogens (tertiary/aromatic N) is 1. The van der Waals surface area contributed by atoms with Gasteiger partial charge in [0.25, 0.3) is 5.70 Å². The van der Waals surface area contributed by atoms with Crippen LogP contribution >= 0.6 is 23.5 Å². The number of allylic oxidation sites excluding steroid dienone is 1. The molecule has 0 aliphatic heterocycles. The molecule has 0 aliphatic carbocycles. The Hall–Kier alpha value is -1.80. The van der Waals surface area contributed by atoms with Gasteiger partial charge >= 0.3 is 11.9 Å². The molecule has 0 fully saturated rings. The fraction of sp³-hybridized carbons (Fsp3) is 0.474. The highest BCUT2D eigenvalue weighted by molar-refractivity contribution is 8.22. The largest absolute Gasteiger partial charge is 0.466 e. The molecule has 0 aliphatic rings. The zero-order valence-electron chi connectivity index (χ0n) is 16.1. The Kier molecular flexibility index (Phi) is 10.8. The summed E-state index contributed by atoms with van der Waals surface area (Å²) in [6.07, 6.45) is 3.20. The lowest BCUT2D eigenvalue weighted by Gasteiger charge is -2.09. The van der Waals surface area contributed by atoms with Crippen molar-refractivity contribution < 1.29 is 28.4 Å². The first kappa shape index (κ1) is 23.2. The van der Waals surface area contributed by atoms with Crippen LogP contribution in [0.2, 0.25) is 0 Å². The second-order valence-corrected chi connectivity index (χ2v) is 7.87. The third kappa shape index (κ3) is 8.17. The first-order valence-electron chi connectivity index (χ1n) is 8.75. The third-order valence-corrected chi connectivity index (χ3v) is 5.51. The molecule has 148 valence electrons. The molecule has 27 heavy (non-hydrogen) atoms. The smallest absolute Gasteiger partial charge is 0.316 e. The van der Waals surface area contributed by atoms with Crippen LogP contribution in [0.15, 0.2) is 28.8 Å². The standard InChI is InChI=1S/C19H26NO5S2/c1-5-24-16(22)12-15(21)18(20-10-8-14(4)9-11-20)19(26-7-3)27-13-17(23)25-6-2/h8-11H,5-7,12-13H2,1-4H3/q+1/b19-18-. The fourth-order valence-corrected chi connectivity index (χ4v) is 4.25. The van der Waals surface area contributed by atoms with Gasteiger partial charge in [-0.3, -0.25) is 14.4 Å². The number of Topliss-reactive ketones (excluding diaryl/α,β-unsaturated/α-hetero) is 1. The Balaban J connectivity index is 3.24. The van der Waals surface area contributed by atoms with E-state index in [1.54, 1.807) is 30.8 Å². The van der Waals surface area contributed by atoms with Gasteiger partial charge in [-0.25, -0.2) is 0 Å². The van der Waals surface area contributed by atoms with E-state index in [-0.39, 0.29) is 30.5 Å². The van der Waals surface area contributed by atoms with Gasteiger partial charge in [0.1, 0.15) is 10.7 Å². The van der Waals surface area contributed by atoms with Crippen LogP contribution in [0, 0.1) is 6.92 Å². The van der Waals surface area contributed by atoms with Gasteiger partial charge in [0.15, 0.2) is 12.4 Å². The number of hydrogen-bond donors (Lipinski definition) is 0. The summed E-state index contributed by atoms with van der Waals surface area (Å²) >= 11 is 2.70. The lowest BCUT2D eigenvalue weighted by molar-refractivity contribution is -0.577. The van der Waals surface area contributed by atoms with Crippen LogP contribution in [0.1, 0.15) is 32.8 Å². The lowest BCUT2D eigenvalue weighted by atomic mass is 10.2. The topological polar surface area (TPSA) is 73.5 Å². The average Bonchev–Trinajstić information content (AvgIpc) is 2.62. The third-order valence-electron chi connectivity index (χ3n) is 3.22. The van der Waals surface area contributed by atoms with Gasteiger partial charge in [0, 0.05) is 12.1 Å². The molecule has 0 saturated heterocycles. The number of carbonyl (C=O) groups is 3. The highest BCUT2D eigenvalue weighted by atomic mass is 32.2. The Labute approximate surface area is 168 Å². The van der Waals surface area contributed by atoms with E-state index in [2.05, 4.69) is 0 Å². The number of thioether (sulfide) groups is 2. The van der Waals surface area contributed by atoms with Crippen LogP contribution < -0.4 is 4.57 Å². The Morgan fingerprint density at radius 2 is 1.56 bits per heavy atom. The zero-order valence-corrected chi connectivity index (χ0v) is 17.8. The first-order chi connectivity index (χ1) is 12.9. The van der Waals surface area contributed by atoms with Crippen LogP contribution in [0.5, 0.6) is 0 Å². The minimum absolute atomic E-state index is 0.0960. The van der Waals surface area contributed by atoms with Crippen LogP contribution in [0.25, 0.3) is 5.70 Å². The molecule has 0 saturated carbocycles. The van der Waals surface area contributed by atoms with E-state index in [1.807, 2.05) is 26.0 Å². The molecule has 0 spiro atoms. The van der Waals surface area contributed by atoms with Gasteiger partial charge < -0.3 is 9.47 Å². The molecule has 1 rings (SSSR count). The van der Waals surface area contributed by atoms with E-state index >= 15 is 0 Å². The monoisotopic (exact) mass is 412 g/mol. The molecule has 0 amide bonds. The second kappa shape index (κ2) is 12.6. The van der Waals surface area contributed by atoms with E-state index in [1.165, 1.54) is 23.5 Å². The van der Waals surface area contributed by atoms with Gasteiger partial charge in [-0.15, -0.1) is 23.5 Å². The highest BCUT2D eigenvalue weighted by Gasteiger charge is 2.29. The molecule has 1 aromatic rings. The number of aromatic nitrogens is 1.